The summed E-state index contributed by atoms with van der Waals surface area (Å²) in [7, 11) is -0.834. The number of halogens is 2. The van der Waals surface area contributed by atoms with Crippen LogP contribution in [0.15, 0.2) is 0 Å². The van der Waals surface area contributed by atoms with Crippen molar-refractivity contribution in [1.82, 2.24) is 0 Å². The second-order valence-electron chi connectivity index (χ2n) is 5.20. The van der Waals surface area contributed by atoms with E-state index in [2.05, 4.69) is 6.92 Å². The van der Waals surface area contributed by atoms with Crippen molar-refractivity contribution in [3.05, 3.63) is 0 Å². The number of rotatable bonds is 14. The number of hydrogen-bond donors (Lipinski definition) is 0. The van der Waals surface area contributed by atoms with Gasteiger partial charge in [-0.25, -0.2) is 0 Å². The van der Waals surface area contributed by atoms with Gasteiger partial charge in [0.1, 0.15) is 0 Å². The first-order chi connectivity index (χ1) is 9.26. The Labute approximate surface area is 132 Å². The molecule has 1 nitrogen and oxygen atoms in total. The average Bonchev–Trinajstić information content (AvgIpc) is 2.42. The van der Waals surface area contributed by atoms with Crippen LogP contribution in [0.5, 0.6) is 0 Å². The lowest BCUT2D eigenvalue weighted by molar-refractivity contribution is 0.562. The Morgan fingerprint density at radius 1 is 0.789 bits per heavy atom. The van der Waals surface area contributed by atoms with Crippen LogP contribution < -0.4 is 0 Å². The maximum absolute atomic E-state index is 11.8. The zero-order valence-electron chi connectivity index (χ0n) is 12.3. The molecule has 0 heterocycles. The zero-order valence-corrected chi connectivity index (χ0v) is 14.7. The van der Waals surface area contributed by atoms with Crippen LogP contribution >= 0.6 is 23.2 Å². The molecule has 0 rings (SSSR count). The minimum atomic E-state index is -0.834. The van der Waals surface area contributed by atoms with E-state index in [1.165, 1.54) is 57.8 Å². The van der Waals surface area contributed by atoms with Crippen LogP contribution in [0.25, 0.3) is 0 Å². The summed E-state index contributed by atoms with van der Waals surface area (Å²) in [6, 6.07) is 0. The average molecular weight is 329 g/mol. The third-order valence-corrected chi connectivity index (χ3v) is 6.29. The predicted molar refractivity (Wildman–Crippen MR) is 90.1 cm³/mol. The first-order valence-corrected chi connectivity index (χ1v) is 10.2. The molecule has 0 aliphatic rings. The van der Waals surface area contributed by atoms with Gasteiger partial charge in [0, 0.05) is 28.3 Å². The summed E-state index contributed by atoms with van der Waals surface area (Å²) < 4.78 is 11.8. The quantitative estimate of drug-likeness (QED) is 0.304. The molecular weight excluding hydrogens is 299 g/mol. The van der Waals surface area contributed by atoms with Crippen LogP contribution in [0.3, 0.4) is 0 Å². The number of hydrogen-bond acceptors (Lipinski definition) is 1. The highest BCUT2D eigenvalue weighted by Gasteiger charge is 2.13. The highest BCUT2D eigenvalue weighted by molar-refractivity contribution is 7.85. The fourth-order valence-corrected chi connectivity index (χ4v) is 4.36. The molecule has 0 radical (unpaired) electrons. The van der Waals surface area contributed by atoms with Crippen molar-refractivity contribution in [2.75, 3.05) is 17.5 Å². The molecule has 0 saturated carbocycles. The Morgan fingerprint density at radius 3 is 1.63 bits per heavy atom. The number of alkyl halides is 2. The van der Waals surface area contributed by atoms with Crippen molar-refractivity contribution in [3.8, 4) is 0 Å². The molecule has 0 aliphatic carbocycles. The van der Waals surface area contributed by atoms with Crippen LogP contribution in [0.4, 0.5) is 0 Å². The standard InChI is InChI=1S/C15H30Cl2OS/c1-2-3-4-5-6-7-8-9-10-11-12-19(18)15(13-16)14-17/h15H,2-14H2,1H3/t19-/m0/s1. The van der Waals surface area contributed by atoms with Gasteiger partial charge < -0.3 is 0 Å². The lowest BCUT2D eigenvalue weighted by Gasteiger charge is -2.09. The molecule has 0 aromatic heterocycles. The molecule has 0 amide bonds. The van der Waals surface area contributed by atoms with Gasteiger partial charge >= 0.3 is 0 Å². The maximum Gasteiger partial charge on any atom is 0.0618 e. The lowest BCUT2D eigenvalue weighted by Crippen LogP contribution is -2.21. The lowest BCUT2D eigenvalue weighted by atomic mass is 10.1. The van der Waals surface area contributed by atoms with Gasteiger partial charge in [-0.1, -0.05) is 64.7 Å². The number of unbranched alkanes of at least 4 members (excludes halogenated alkanes) is 9. The molecule has 0 aromatic carbocycles. The van der Waals surface area contributed by atoms with Crippen LogP contribution in [0.1, 0.15) is 71.1 Å². The molecule has 1 atom stereocenters. The minimum Gasteiger partial charge on any atom is -0.259 e. The largest absolute Gasteiger partial charge is 0.259 e. The summed E-state index contributed by atoms with van der Waals surface area (Å²) in [5.74, 6) is 1.59. The SMILES string of the molecule is CCCCCCCCCCCC[S@](=O)C(CCl)CCl. The van der Waals surface area contributed by atoms with Gasteiger partial charge in [-0.2, -0.15) is 0 Å². The van der Waals surface area contributed by atoms with E-state index in [0.29, 0.717) is 11.8 Å². The summed E-state index contributed by atoms with van der Waals surface area (Å²) >= 11 is 11.4. The molecule has 0 spiro atoms. The summed E-state index contributed by atoms with van der Waals surface area (Å²) in [6.07, 6.45) is 13.1. The molecule has 0 aromatic rings. The van der Waals surface area contributed by atoms with E-state index < -0.39 is 10.8 Å². The first kappa shape index (κ1) is 19.7. The van der Waals surface area contributed by atoms with Crippen molar-refractivity contribution < 1.29 is 4.21 Å². The molecule has 19 heavy (non-hydrogen) atoms. The van der Waals surface area contributed by atoms with Gasteiger partial charge in [-0.15, -0.1) is 23.2 Å². The highest BCUT2D eigenvalue weighted by Crippen LogP contribution is 2.11. The van der Waals surface area contributed by atoms with E-state index in [9.17, 15) is 4.21 Å². The highest BCUT2D eigenvalue weighted by atomic mass is 35.5. The van der Waals surface area contributed by atoms with E-state index in [1.54, 1.807) is 0 Å². The fourth-order valence-electron chi connectivity index (χ4n) is 2.08. The predicted octanol–water partition coefficient (Wildman–Crippen LogP) is 5.50. The Kier molecular flexibility index (Phi) is 15.7. The van der Waals surface area contributed by atoms with Crippen molar-refractivity contribution in [1.29, 1.82) is 0 Å². The summed E-state index contributed by atoms with van der Waals surface area (Å²) in [4.78, 5) is 0. The van der Waals surface area contributed by atoms with Gasteiger partial charge in [0.2, 0.25) is 0 Å². The van der Waals surface area contributed by atoms with Crippen LogP contribution in [-0.4, -0.2) is 27.0 Å². The smallest absolute Gasteiger partial charge is 0.0618 e. The topological polar surface area (TPSA) is 17.1 Å². The van der Waals surface area contributed by atoms with Crippen molar-refractivity contribution in [3.63, 3.8) is 0 Å². The van der Waals surface area contributed by atoms with Gasteiger partial charge in [0.25, 0.3) is 0 Å². The normalized spacial score (nSPS) is 13.1. The van der Waals surface area contributed by atoms with E-state index in [0.717, 1.165) is 12.2 Å². The fraction of sp³-hybridized carbons (Fsp3) is 1.00. The third kappa shape index (κ3) is 12.2. The van der Waals surface area contributed by atoms with Gasteiger partial charge in [-0.3, -0.25) is 4.21 Å². The zero-order chi connectivity index (χ0) is 14.3. The molecular formula is C15H30Cl2OS. The Morgan fingerprint density at radius 2 is 1.21 bits per heavy atom. The van der Waals surface area contributed by atoms with Crippen LogP contribution in [-0.2, 0) is 10.8 Å². The summed E-state index contributed by atoms with van der Waals surface area (Å²) in [6.45, 7) is 2.25. The second-order valence-corrected chi connectivity index (χ2v) is 7.65. The first-order valence-electron chi connectivity index (χ1n) is 7.75. The van der Waals surface area contributed by atoms with Gasteiger partial charge in [0.15, 0.2) is 0 Å². The van der Waals surface area contributed by atoms with E-state index in [4.69, 9.17) is 23.2 Å². The molecule has 116 valence electrons. The third-order valence-electron chi connectivity index (χ3n) is 3.42. The van der Waals surface area contributed by atoms with Crippen molar-refractivity contribution in [2.45, 2.75) is 76.4 Å². The molecule has 0 bridgehead atoms. The maximum atomic E-state index is 11.8. The Balaban J connectivity index is 3.24. The van der Waals surface area contributed by atoms with Crippen LogP contribution in [0, 0.1) is 0 Å². The minimum absolute atomic E-state index is 0.0260. The summed E-state index contributed by atoms with van der Waals surface area (Å²) in [5.41, 5.74) is 0. The van der Waals surface area contributed by atoms with E-state index >= 15 is 0 Å². The van der Waals surface area contributed by atoms with E-state index in [-0.39, 0.29) is 5.25 Å². The van der Waals surface area contributed by atoms with E-state index in [1.807, 2.05) is 0 Å². The summed E-state index contributed by atoms with van der Waals surface area (Å²) in [5, 5.41) is -0.0260. The molecule has 4 heteroatoms. The molecule has 0 saturated heterocycles. The molecule has 0 N–H and O–H groups in total. The van der Waals surface area contributed by atoms with Crippen molar-refractivity contribution >= 4 is 34.0 Å². The van der Waals surface area contributed by atoms with Crippen LogP contribution in [0.2, 0.25) is 0 Å². The molecule has 0 fully saturated rings. The van der Waals surface area contributed by atoms with Crippen molar-refractivity contribution in [2.24, 2.45) is 0 Å². The Bertz CT molecular complexity index is 208. The van der Waals surface area contributed by atoms with Gasteiger partial charge in [-0.05, 0) is 6.42 Å². The monoisotopic (exact) mass is 328 g/mol. The molecule has 0 unspecified atom stereocenters. The van der Waals surface area contributed by atoms with Gasteiger partial charge in [0.05, 0.1) is 5.25 Å². The Hall–Kier alpha value is 0.730. The molecule has 0 aliphatic heterocycles. The second kappa shape index (κ2) is 15.1.